The molecule has 4 heteroatoms. The Hall–Kier alpha value is -0.900. The van der Waals surface area contributed by atoms with E-state index in [1.165, 1.54) is 0 Å². The number of rotatable bonds is 1. The molecule has 0 fully saturated rings. The number of hydrogen-bond donors (Lipinski definition) is 0. The fourth-order valence-corrected chi connectivity index (χ4v) is 1.84. The maximum atomic E-state index is 4.21. The van der Waals surface area contributed by atoms with Gasteiger partial charge in [0.15, 0.2) is 5.65 Å². The first kappa shape index (κ1) is 10.6. The van der Waals surface area contributed by atoms with Crippen LogP contribution in [0.5, 0.6) is 0 Å². The molecule has 2 aromatic heterocycles. The third kappa shape index (κ3) is 2.37. The van der Waals surface area contributed by atoms with Crippen molar-refractivity contribution < 1.29 is 0 Å². The highest BCUT2D eigenvalue weighted by Gasteiger charge is 2.15. The lowest BCUT2D eigenvalue weighted by Crippen LogP contribution is -2.11. The monoisotopic (exact) mass is 267 g/mol. The molecule has 0 spiro atoms. The summed E-state index contributed by atoms with van der Waals surface area (Å²) < 4.78 is 3.08. The van der Waals surface area contributed by atoms with Gasteiger partial charge in [-0.2, -0.15) is 0 Å². The summed E-state index contributed by atoms with van der Waals surface area (Å²) in [7, 11) is 0. The van der Waals surface area contributed by atoms with Crippen LogP contribution in [0, 0.1) is 5.41 Å². The second kappa shape index (κ2) is 3.59. The van der Waals surface area contributed by atoms with E-state index in [2.05, 4.69) is 46.9 Å². The van der Waals surface area contributed by atoms with Gasteiger partial charge >= 0.3 is 0 Å². The zero-order chi connectivity index (χ0) is 11.1. The molecule has 0 radical (unpaired) electrons. The van der Waals surface area contributed by atoms with Gasteiger partial charge in [0.1, 0.15) is 5.82 Å². The Labute approximate surface area is 97.6 Å². The standard InChI is InChI=1S/C11H14BrN3/c1-11(2,3)6-10-14-13-9-5-4-8(12)7-15(9)10/h4-5,7H,6H2,1-3H3. The molecule has 0 saturated carbocycles. The quantitative estimate of drug-likeness (QED) is 0.795. The van der Waals surface area contributed by atoms with E-state index in [4.69, 9.17) is 0 Å². The summed E-state index contributed by atoms with van der Waals surface area (Å²) in [4.78, 5) is 0. The molecule has 0 bridgehead atoms. The third-order valence-corrected chi connectivity index (χ3v) is 2.59. The second-order valence-corrected chi connectivity index (χ2v) is 5.84. The number of hydrogen-bond acceptors (Lipinski definition) is 2. The smallest absolute Gasteiger partial charge is 0.160 e. The summed E-state index contributed by atoms with van der Waals surface area (Å²) in [5.74, 6) is 1.01. The summed E-state index contributed by atoms with van der Waals surface area (Å²) in [6, 6.07) is 3.94. The Kier molecular flexibility index (Phi) is 2.54. The van der Waals surface area contributed by atoms with Gasteiger partial charge in [0, 0.05) is 17.1 Å². The van der Waals surface area contributed by atoms with E-state index >= 15 is 0 Å². The third-order valence-electron chi connectivity index (χ3n) is 2.13. The molecule has 15 heavy (non-hydrogen) atoms. The van der Waals surface area contributed by atoms with Gasteiger partial charge in [0.2, 0.25) is 0 Å². The van der Waals surface area contributed by atoms with Gasteiger partial charge in [-0.15, -0.1) is 10.2 Å². The number of halogens is 1. The molecule has 0 amide bonds. The van der Waals surface area contributed by atoms with Crippen LogP contribution in [-0.2, 0) is 6.42 Å². The maximum absolute atomic E-state index is 4.21. The van der Waals surface area contributed by atoms with Crippen LogP contribution in [-0.4, -0.2) is 14.6 Å². The molecule has 0 aliphatic carbocycles. The summed E-state index contributed by atoms with van der Waals surface area (Å²) in [6.45, 7) is 6.60. The predicted octanol–water partition coefficient (Wildman–Crippen LogP) is 3.08. The predicted molar refractivity (Wildman–Crippen MR) is 63.8 cm³/mol. The number of nitrogens with zero attached hydrogens (tertiary/aromatic N) is 3. The van der Waals surface area contributed by atoms with E-state index in [0.29, 0.717) is 0 Å². The summed E-state index contributed by atoms with van der Waals surface area (Å²) in [5.41, 5.74) is 1.13. The van der Waals surface area contributed by atoms with Crippen molar-refractivity contribution >= 4 is 21.6 Å². The van der Waals surface area contributed by atoms with Crippen molar-refractivity contribution in [3.05, 3.63) is 28.6 Å². The van der Waals surface area contributed by atoms with Crippen LogP contribution in [0.25, 0.3) is 5.65 Å². The fraction of sp³-hybridized carbons (Fsp3) is 0.455. The van der Waals surface area contributed by atoms with Gasteiger partial charge in [-0.3, -0.25) is 4.40 Å². The minimum Gasteiger partial charge on any atom is -0.285 e. The number of fused-ring (bicyclic) bond motifs is 1. The second-order valence-electron chi connectivity index (χ2n) is 4.93. The topological polar surface area (TPSA) is 30.2 Å². The van der Waals surface area contributed by atoms with Crippen LogP contribution in [0.1, 0.15) is 26.6 Å². The molecule has 2 heterocycles. The molecule has 3 nitrogen and oxygen atoms in total. The van der Waals surface area contributed by atoms with Crippen LogP contribution < -0.4 is 0 Å². The fourth-order valence-electron chi connectivity index (χ4n) is 1.51. The normalized spacial score (nSPS) is 12.3. The van der Waals surface area contributed by atoms with Crippen molar-refractivity contribution in [2.75, 3.05) is 0 Å². The van der Waals surface area contributed by atoms with E-state index in [0.717, 1.165) is 22.4 Å². The molecular formula is C11H14BrN3. The minimum atomic E-state index is 0.227. The molecule has 0 saturated heterocycles. The van der Waals surface area contributed by atoms with E-state index in [-0.39, 0.29) is 5.41 Å². The molecule has 0 unspecified atom stereocenters. The number of pyridine rings is 1. The Balaban J connectivity index is 2.48. The highest BCUT2D eigenvalue weighted by Crippen LogP contribution is 2.20. The zero-order valence-corrected chi connectivity index (χ0v) is 10.7. The lowest BCUT2D eigenvalue weighted by Gasteiger charge is -2.16. The average molecular weight is 268 g/mol. The van der Waals surface area contributed by atoms with E-state index in [1.54, 1.807) is 0 Å². The minimum absolute atomic E-state index is 0.227. The first-order valence-electron chi connectivity index (χ1n) is 4.95. The van der Waals surface area contributed by atoms with Crippen molar-refractivity contribution in [1.82, 2.24) is 14.6 Å². The van der Waals surface area contributed by atoms with Crippen molar-refractivity contribution in [3.63, 3.8) is 0 Å². The van der Waals surface area contributed by atoms with Crippen LogP contribution in [0.4, 0.5) is 0 Å². The molecule has 0 aliphatic rings. The highest BCUT2D eigenvalue weighted by atomic mass is 79.9. The van der Waals surface area contributed by atoms with Gasteiger partial charge in [-0.05, 0) is 33.5 Å². The number of aromatic nitrogens is 3. The van der Waals surface area contributed by atoms with Crippen LogP contribution in [0.15, 0.2) is 22.8 Å². The lowest BCUT2D eigenvalue weighted by atomic mass is 9.92. The Morgan fingerprint density at radius 1 is 1.27 bits per heavy atom. The first-order valence-corrected chi connectivity index (χ1v) is 5.74. The van der Waals surface area contributed by atoms with Gasteiger partial charge in [-0.25, -0.2) is 0 Å². The maximum Gasteiger partial charge on any atom is 0.160 e. The van der Waals surface area contributed by atoms with E-state index in [1.807, 2.05) is 22.7 Å². The van der Waals surface area contributed by atoms with Crippen LogP contribution >= 0.6 is 15.9 Å². The Bertz CT molecular complexity index is 482. The molecule has 0 N–H and O–H groups in total. The zero-order valence-electron chi connectivity index (χ0n) is 9.16. The first-order chi connectivity index (χ1) is 6.96. The lowest BCUT2D eigenvalue weighted by molar-refractivity contribution is 0.399. The largest absolute Gasteiger partial charge is 0.285 e. The summed E-state index contributed by atoms with van der Waals surface area (Å²) >= 11 is 3.45. The average Bonchev–Trinajstić information content (AvgIpc) is 2.46. The van der Waals surface area contributed by atoms with E-state index < -0.39 is 0 Å². The van der Waals surface area contributed by atoms with Crippen molar-refractivity contribution in [1.29, 1.82) is 0 Å². The molecule has 0 aromatic carbocycles. The highest BCUT2D eigenvalue weighted by molar-refractivity contribution is 9.10. The van der Waals surface area contributed by atoms with Crippen LogP contribution in [0.2, 0.25) is 0 Å². The summed E-state index contributed by atoms with van der Waals surface area (Å²) in [6.07, 6.45) is 2.93. The van der Waals surface area contributed by atoms with Gasteiger partial charge < -0.3 is 0 Å². The molecule has 0 aliphatic heterocycles. The van der Waals surface area contributed by atoms with E-state index in [9.17, 15) is 0 Å². The van der Waals surface area contributed by atoms with Crippen molar-refractivity contribution in [2.45, 2.75) is 27.2 Å². The van der Waals surface area contributed by atoms with Crippen molar-refractivity contribution in [2.24, 2.45) is 5.41 Å². The summed E-state index contributed by atoms with van der Waals surface area (Å²) in [5, 5.41) is 8.35. The van der Waals surface area contributed by atoms with Crippen molar-refractivity contribution in [3.8, 4) is 0 Å². The molecule has 0 atom stereocenters. The van der Waals surface area contributed by atoms with Crippen LogP contribution in [0.3, 0.4) is 0 Å². The Morgan fingerprint density at radius 3 is 2.67 bits per heavy atom. The molecule has 2 aromatic rings. The van der Waals surface area contributed by atoms with Gasteiger partial charge in [0.25, 0.3) is 0 Å². The Morgan fingerprint density at radius 2 is 2.00 bits per heavy atom. The molecular weight excluding hydrogens is 254 g/mol. The molecule has 2 rings (SSSR count). The SMILES string of the molecule is CC(C)(C)Cc1nnc2ccc(Br)cn12. The molecule has 80 valence electrons. The van der Waals surface area contributed by atoms with Gasteiger partial charge in [0.05, 0.1) is 0 Å². The van der Waals surface area contributed by atoms with Gasteiger partial charge in [-0.1, -0.05) is 20.8 Å².